The highest BCUT2D eigenvalue weighted by molar-refractivity contribution is 8.00. The van der Waals surface area contributed by atoms with Crippen molar-refractivity contribution >= 4 is 57.9 Å². The Morgan fingerprint density at radius 2 is 1.66 bits per heavy atom. The quantitative estimate of drug-likeness (QED) is 0.173. The number of alkyl halides is 3. The molecule has 0 bridgehead atoms. The molecular formula is C29H19F3N4O6S2. The van der Waals surface area contributed by atoms with Crippen molar-refractivity contribution in [3.63, 3.8) is 0 Å². The lowest BCUT2D eigenvalue weighted by molar-refractivity contribution is -0.384. The molecule has 10 nitrogen and oxygen atoms in total. The minimum Gasteiger partial charge on any atom is -0.325 e. The Balaban J connectivity index is 1.36. The van der Waals surface area contributed by atoms with Gasteiger partial charge in [0.2, 0.25) is 17.7 Å². The number of imide groups is 1. The summed E-state index contributed by atoms with van der Waals surface area (Å²) in [7, 11) is 0. The number of nitro benzene ring substituents is 1. The molecule has 44 heavy (non-hydrogen) atoms. The fourth-order valence-corrected chi connectivity index (χ4v) is 8.14. The highest BCUT2D eigenvalue weighted by atomic mass is 32.2. The summed E-state index contributed by atoms with van der Waals surface area (Å²) in [5.41, 5.74) is -0.440. The first-order valence-corrected chi connectivity index (χ1v) is 14.7. The van der Waals surface area contributed by atoms with Gasteiger partial charge in [0.25, 0.3) is 5.69 Å². The lowest BCUT2D eigenvalue weighted by Crippen LogP contribution is -2.33. The Morgan fingerprint density at radius 1 is 0.955 bits per heavy atom. The molecule has 1 saturated heterocycles. The molecular weight excluding hydrogens is 621 g/mol. The summed E-state index contributed by atoms with van der Waals surface area (Å²) in [6.07, 6.45) is -4.61. The molecule has 1 fully saturated rings. The molecule has 2 aliphatic heterocycles. The largest absolute Gasteiger partial charge is 0.416 e. The monoisotopic (exact) mass is 640 g/mol. The standard InChI is InChI=1S/C29H19F3N4O6S2/c30-29(31,32)16-7-4-8-17(13-16)33-20(37)14-34-27-24(44-28(34)40)21(15-5-2-1-3-6-15)22-23(43-27)26(39)35(25(22)38)18-9-11-19(12-10-18)36(41)42/h1-13,21-23H,14H2,(H,33,37). The van der Waals surface area contributed by atoms with E-state index in [2.05, 4.69) is 5.32 Å². The minimum atomic E-state index is -4.61. The van der Waals surface area contributed by atoms with Crippen molar-refractivity contribution in [1.82, 2.24) is 4.57 Å². The topological polar surface area (TPSA) is 132 Å². The van der Waals surface area contributed by atoms with E-state index in [1.807, 2.05) is 0 Å². The SMILES string of the molecule is O=C(Cn1c2c(sc1=O)C(c1ccccc1)C1C(=O)N(c3ccc([N+](=O)[O-])cc3)C(=O)C1S2)Nc1cccc(C(F)(F)F)c1. The first kappa shape index (κ1) is 29.3. The van der Waals surface area contributed by atoms with Crippen LogP contribution < -0.4 is 15.1 Å². The van der Waals surface area contributed by atoms with Gasteiger partial charge >= 0.3 is 11.0 Å². The lowest BCUT2D eigenvalue weighted by Gasteiger charge is -2.30. The van der Waals surface area contributed by atoms with E-state index in [-0.39, 0.29) is 17.1 Å². The number of thioether (sulfide) groups is 1. The first-order chi connectivity index (χ1) is 20.9. The smallest absolute Gasteiger partial charge is 0.325 e. The van der Waals surface area contributed by atoms with Crippen LogP contribution in [0.4, 0.5) is 30.2 Å². The zero-order valence-electron chi connectivity index (χ0n) is 22.2. The van der Waals surface area contributed by atoms with Gasteiger partial charge in [0.15, 0.2) is 0 Å². The molecule has 224 valence electrons. The molecule has 0 aliphatic carbocycles. The van der Waals surface area contributed by atoms with Gasteiger partial charge < -0.3 is 5.32 Å². The van der Waals surface area contributed by atoms with Crippen LogP contribution in [0.2, 0.25) is 0 Å². The zero-order chi connectivity index (χ0) is 31.3. The number of rotatable bonds is 6. The maximum atomic E-state index is 13.9. The van der Waals surface area contributed by atoms with Crippen LogP contribution in [0.5, 0.6) is 0 Å². The lowest BCUT2D eigenvalue weighted by atomic mass is 9.83. The van der Waals surface area contributed by atoms with E-state index in [4.69, 9.17) is 0 Å². The fraction of sp³-hybridized carbons (Fsp3) is 0.172. The van der Waals surface area contributed by atoms with Crippen molar-refractivity contribution in [2.75, 3.05) is 10.2 Å². The highest BCUT2D eigenvalue weighted by Gasteiger charge is 2.56. The molecule has 3 heterocycles. The number of benzene rings is 3. The van der Waals surface area contributed by atoms with Gasteiger partial charge in [-0.3, -0.25) is 33.9 Å². The summed E-state index contributed by atoms with van der Waals surface area (Å²) in [6, 6.07) is 17.9. The van der Waals surface area contributed by atoms with E-state index in [1.165, 1.54) is 30.3 Å². The Kier molecular flexibility index (Phi) is 7.37. The number of nitrogens with zero attached hydrogens (tertiary/aromatic N) is 3. The summed E-state index contributed by atoms with van der Waals surface area (Å²) < 4.78 is 40.6. The van der Waals surface area contributed by atoms with Crippen LogP contribution in [-0.4, -0.2) is 32.5 Å². The summed E-state index contributed by atoms with van der Waals surface area (Å²) in [5, 5.41) is 12.8. The average Bonchev–Trinajstić information content (AvgIpc) is 3.43. The summed E-state index contributed by atoms with van der Waals surface area (Å²) in [6.45, 7) is -0.541. The second kappa shape index (κ2) is 11.1. The molecule has 3 aromatic carbocycles. The van der Waals surface area contributed by atoms with Gasteiger partial charge in [0, 0.05) is 28.6 Å². The fourth-order valence-electron chi connectivity index (χ4n) is 5.37. The van der Waals surface area contributed by atoms with Gasteiger partial charge in [-0.25, -0.2) is 4.90 Å². The number of hydrogen-bond donors (Lipinski definition) is 1. The minimum absolute atomic E-state index is 0.104. The number of non-ortho nitro benzene ring substituents is 1. The van der Waals surface area contributed by atoms with Gasteiger partial charge in [0.1, 0.15) is 11.8 Å². The molecule has 3 amide bonds. The van der Waals surface area contributed by atoms with Crippen molar-refractivity contribution < 1.29 is 32.5 Å². The molecule has 0 spiro atoms. The van der Waals surface area contributed by atoms with E-state index in [1.54, 1.807) is 30.3 Å². The summed E-state index contributed by atoms with van der Waals surface area (Å²) in [4.78, 5) is 65.2. The second-order valence-electron chi connectivity index (χ2n) is 9.99. The van der Waals surface area contributed by atoms with Crippen LogP contribution in [0.3, 0.4) is 0 Å². The van der Waals surface area contributed by atoms with E-state index in [0.29, 0.717) is 15.5 Å². The number of amides is 3. The van der Waals surface area contributed by atoms with Crippen molar-refractivity contribution in [2.24, 2.45) is 5.92 Å². The maximum Gasteiger partial charge on any atom is 0.416 e. The van der Waals surface area contributed by atoms with E-state index in [0.717, 1.165) is 50.8 Å². The van der Waals surface area contributed by atoms with Crippen molar-refractivity contribution in [1.29, 1.82) is 0 Å². The number of nitrogens with one attached hydrogen (secondary N) is 1. The molecule has 1 aromatic heterocycles. The maximum absolute atomic E-state index is 13.9. The highest BCUT2D eigenvalue weighted by Crippen LogP contribution is 2.53. The Bertz CT molecular complexity index is 1870. The number of aromatic nitrogens is 1. The number of hydrogen-bond acceptors (Lipinski definition) is 8. The second-order valence-corrected chi connectivity index (χ2v) is 12.1. The Hall–Kier alpha value is -4.76. The van der Waals surface area contributed by atoms with Crippen LogP contribution in [0.15, 0.2) is 88.7 Å². The molecule has 3 unspecified atom stereocenters. The number of thiazole rings is 1. The molecule has 4 aromatic rings. The van der Waals surface area contributed by atoms with Crippen molar-refractivity contribution in [2.45, 2.75) is 28.9 Å². The van der Waals surface area contributed by atoms with Gasteiger partial charge in [-0.2, -0.15) is 13.2 Å². The number of halogens is 3. The molecule has 0 saturated carbocycles. The number of carbonyl (C=O) groups is 3. The molecule has 2 aliphatic rings. The predicted octanol–water partition coefficient (Wildman–Crippen LogP) is 5.27. The third-order valence-electron chi connectivity index (χ3n) is 7.30. The van der Waals surface area contributed by atoms with Crippen LogP contribution in [0, 0.1) is 16.0 Å². The molecule has 15 heteroatoms. The first-order valence-electron chi connectivity index (χ1n) is 13.0. The molecule has 3 atom stereocenters. The van der Waals surface area contributed by atoms with E-state index < -0.39 is 62.9 Å². The summed E-state index contributed by atoms with van der Waals surface area (Å²) in [5.74, 6) is -3.50. The predicted molar refractivity (Wildman–Crippen MR) is 156 cm³/mol. The average molecular weight is 641 g/mol. The molecule has 6 rings (SSSR count). The Labute approximate surface area is 254 Å². The number of anilines is 2. The normalized spacial score (nSPS) is 19.4. The van der Waals surface area contributed by atoms with Crippen molar-refractivity contribution in [3.8, 4) is 0 Å². The van der Waals surface area contributed by atoms with Gasteiger partial charge in [-0.05, 0) is 35.9 Å². The number of fused-ring (bicyclic) bond motifs is 2. The van der Waals surface area contributed by atoms with Gasteiger partial charge in [0.05, 0.1) is 27.1 Å². The van der Waals surface area contributed by atoms with Crippen LogP contribution >= 0.6 is 23.1 Å². The summed E-state index contributed by atoms with van der Waals surface area (Å²) >= 11 is 1.80. The van der Waals surface area contributed by atoms with E-state index in [9.17, 15) is 42.5 Å². The van der Waals surface area contributed by atoms with Gasteiger partial charge in [-0.15, -0.1) is 0 Å². The van der Waals surface area contributed by atoms with Crippen LogP contribution in [-0.2, 0) is 27.1 Å². The van der Waals surface area contributed by atoms with E-state index >= 15 is 0 Å². The molecule has 0 radical (unpaired) electrons. The van der Waals surface area contributed by atoms with Crippen molar-refractivity contribution in [3.05, 3.63) is 115 Å². The van der Waals surface area contributed by atoms with Crippen LogP contribution in [0.25, 0.3) is 0 Å². The van der Waals surface area contributed by atoms with Gasteiger partial charge in [-0.1, -0.05) is 59.5 Å². The number of nitro groups is 1. The zero-order valence-corrected chi connectivity index (χ0v) is 23.8. The molecule has 1 N–H and O–H groups in total. The Morgan fingerprint density at radius 3 is 2.32 bits per heavy atom. The third-order valence-corrected chi connectivity index (χ3v) is 9.91. The van der Waals surface area contributed by atoms with Crippen LogP contribution in [0.1, 0.15) is 21.9 Å². The number of carbonyl (C=O) groups excluding carboxylic acids is 3. The third kappa shape index (κ3) is 5.17.